The minimum absolute atomic E-state index is 0.142. The van der Waals surface area contributed by atoms with E-state index in [0.717, 1.165) is 25.0 Å². The minimum Gasteiger partial charge on any atom is -0.497 e. The van der Waals surface area contributed by atoms with Crippen LogP contribution in [-0.4, -0.2) is 25.9 Å². The van der Waals surface area contributed by atoms with Gasteiger partial charge in [-0.3, -0.25) is 0 Å². The van der Waals surface area contributed by atoms with Gasteiger partial charge in [0, 0.05) is 0 Å². The topological polar surface area (TPSA) is 41.5 Å². The summed E-state index contributed by atoms with van der Waals surface area (Å²) in [7, 11) is 3.59. The molecule has 1 unspecified atom stereocenters. The van der Waals surface area contributed by atoms with Crippen LogP contribution in [0.1, 0.15) is 24.0 Å². The number of methoxy groups -OCH3 is 1. The Balaban J connectivity index is 2.46. The molecule has 0 aliphatic heterocycles. The zero-order valence-electron chi connectivity index (χ0n) is 9.92. The predicted molar refractivity (Wildman–Crippen MR) is 63.8 cm³/mol. The molecular formula is C13H19NO2. The highest BCUT2D eigenvalue weighted by atomic mass is 16.5. The van der Waals surface area contributed by atoms with E-state index in [9.17, 15) is 5.11 Å². The van der Waals surface area contributed by atoms with Crippen molar-refractivity contribution in [3.8, 4) is 5.75 Å². The quantitative estimate of drug-likeness (QED) is 0.811. The number of fused-ring (bicyclic) bond motifs is 1. The Kier molecular flexibility index (Phi) is 3.17. The molecular weight excluding hydrogens is 202 g/mol. The summed E-state index contributed by atoms with van der Waals surface area (Å²) in [4.78, 5) is 0. The number of nitrogens with one attached hydrogen (secondary N) is 1. The van der Waals surface area contributed by atoms with Crippen molar-refractivity contribution in [2.75, 3.05) is 20.8 Å². The molecule has 0 fully saturated rings. The van der Waals surface area contributed by atoms with Gasteiger partial charge in [-0.1, -0.05) is 6.07 Å². The molecule has 1 aromatic carbocycles. The molecule has 3 nitrogen and oxygen atoms in total. The molecule has 0 saturated carbocycles. The van der Waals surface area contributed by atoms with Gasteiger partial charge in [0.2, 0.25) is 0 Å². The lowest BCUT2D eigenvalue weighted by Crippen LogP contribution is -2.46. The summed E-state index contributed by atoms with van der Waals surface area (Å²) in [6, 6.07) is 6.11. The third-order valence-corrected chi connectivity index (χ3v) is 3.63. The van der Waals surface area contributed by atoms with E-state index in [4.69, 9.17) is 4.74 Å². The van der Waals surface area contributed by atoms with Crippen LogP contribution in [0.4, 0.5) is 0 Å². The molecule has 1 aromatic rings. The number of hydrogen-bond acceptors (Lipinski definition) is 3. The molecule has 0 aromatic heterocycles. The van der Waals surface area contributed by atoms with Gasteiger partial charge >= 0.3 is 0 Å². The highest BCUT2D eigenvalue weighted by Gasteiger charge is 2.34. The molecule has 1 atom stereocenters. The molecule has 16 heavy (non-hydrogen) atoms. The molecule has 0 bridgehead atoms. The Morgan fingerprint density at radius 1 is 1.50 bits per heavy atom. The number of aryl methyl sites for hydroxylation is 1. The Bertz CT molecular complexity index is 372. The summed E-state index contributed by atoms with van der Waals surface area (Å²) in [5, 5.41) is 12.9. The zero-order valence-corrected chi connectivity index (χ0v) is 9.92. The van der Waals surface area contributed by atoms with Gasteiger partial charge in [0.25, 0.3) is 0 Å². The van der Waals surface area contributed by atoms with E-state index < -0.39 is 0 Å². The van der Waals surface area contributed by atoms with Crippen molar-refractivity contribution in [2.45, 2.75) is 24.8 Å². The summed E-state index contributed by atoms with van der Waals surface area (Å²) >= 11 is 0. The number of rotatable bonds is 3. The number of aliphatic hydroxyl groups is 1. The zero-order chi connectivity index (χ0) is 11.6. The first-order valence-corrected chi connectivity index (χ1v) is 5.73. The van der Waals surface area contributed by atoms with Crippen molar-refractivity contribution in [1.29, 1.82) is 0 Å². The van der Waals surface area contributed by atoms with Crippen LogP contribution >= 0.6 is 0 Å². The maximum atomic E-state index is 9.62. The van der Waals surface area contributed by atoms with Crippen molar-refractivity contribution >= 4 is 0 Å². The van der Waals surface area contributed by atoms with Gasteiger partial charge in [-0.05, 0) is 49.6 Å². The van der Waals surface area contributed by atoms with Crippen LogP contribution in [0, 0.1) is 0 Å². The van der Waals surface area contributed by atoms with E-state index in [1.54, 1.807) is 7.11 Å². The molecule has 1 aliphatic carbocycles. The lowest BCUT2D eigenvalue weighted by atomic mass is 9.77. The largest absolute Gasteiger partial charge is 0.497 e. The standard InChI is InChI=1S/C13H19NO2/c1-14-13(9-15)7-3-4-10-8-11(16-2)5-6-12(10)13/h5-6,8,14-15H,3-4,7,9H2,1-2H3. The summed E-state index contributed by atoms with van der Waals surface area (Å²) in [6.07, 6.45) is 3.15. The molecule has 2 N–H and O–H groups in total. The molecule has 3 heteroatoms. The van der Waals surface area contributed by atoms with Gasteiger partial charge in [0.05, 0.1) is 19.3 Å². The van der Waals surface area contributed by atoms with Gasteiger partial charge in [-0.15, -0.1) is 0 Å². The Morgan fingerprint density at radius 2 is 2.31 bits per heavy atom. The fourth-order valence-corrected chi connectivity index (χ4v) is 2.59. The van der Waals surface area contributed by atoms with Crippen LogP contribution < -0.4 is 10.1 Å². The average Bonchev–Trinajstić information content (AvgIpc) is 2.37. The lowest BCUT2D eigenvalue weighted by Gasteiger charge is -2.37. The SMILES string of the molecule is CNC1(CO)CCCc2cc(OC)ccc21. The maximum Gasteiger partial charge on any atom is 0.119 e. The molecule has 0 spiro atoms. The normalized spacial score (nSPS) is 23.9. The molecule has 0 radical (unpaired) electrons. The van der Waals surface area contributed by atoms with Crippen LogP contribution in [0.25, 0.3) is 0 Å². The van der Waals surface area contributed by atoms with E-state index >= 15 is 0 Å². The number of benzene rings is 1. The monoisotopic (exact) mass is 221 g/mol. The fourth-order valence-electron chi connectivity index (χ4n) is 2.59. The average molecular weight is 221 g/mol. The number of ether oxygens (including phenoxy) is 1. The van der Waals surface area contributed by atoms with Crippen LogP contribution in [0.2, 0.25) is 0 Å². The summed E-state index contributed by atoms with van der Waals surface area (Å²) < 4.78 is 5.23. The first-order chi connectivity index (χ1) is 7.75. The van der Waals surface area contributed by atoms with E-state index in [2.05, 4.69) is 17.4 Å². The first kappa shape index (κ1) is 11.4. The molecule has 1 aliphatic rings. The van der Waals surface area contributed by atoms with Gasteiger partial charge in [0.15, 0.2) is 0 Å². The third-order valence-electron chi connectivity index (χ3n) is 3.63. The second-order valence-corrected chi connectivity index (χ2v) is 4.37. The van der Waals surface area contributed by atoms with Crippen LogP contribution in [0.15, 0.2) is 18.2 Å². The van der Waals surface area contributed by atoms with Crippen molar-refractivity contribution in [3.63, 3.8) is 0 Å². The fraction of sp³-hybridized carbons (Fsp3) is 0.538. The maximum absolute atomic E-state index is 9.62. The van der Waals surface area contributed by atoms with Gasteiger partial charge < -0.3 is 15.2 Å². The summed E-state index contributed by atoms with van der Waals surface area (Å²) in [5.41, 5.74) is 2.23. The second kappa shape index (κ2) is 4.44. The van der Waals surface area contributed by atoms with Crippen molar-refractivity contribution in [2.24, 2.45) is 0 Å². The van der Waals surface area contributed by atoms with Crippen LogP contribution in [0.3, 0.4) is 0 Å². The van der Waals surface area contributed by atoms with Gasteiger partial charge in [-0.2, -0.15) is 0 Å². The Hall–Kier alpha value is -1.06. The van der Waals surface area contributed by atoms with Crippen LogP contribution in [0.5, 0.6) is 5.75 Å². The van der Waals surface area contributed by atoms with E-state index in [1.807, 2.05) is 13.1 Å². The molecule has 0 heterocycles. The summed E-state index contributed by atoms with van der Waals surface area (Å²) in [6.45, 7) is 0.142. The molecule has 2 rings (SSSR count). The molecule has 0 amide bonds. The van der Waals surface area contributed by atoms with Crippen molar-refractivity contribution in [1.82, 2.24) is 5.32 Å². The van der Waals surface area contributed by atoms with E-state index in [1.165, 1.54) is 11.1 Å². The number of hydrogen-bond donors (Lipinski definition) is 2. The number of aliphatic hydroxyl groups excluding tert-OH is 1. The van der Waals surface area contributed by atoms with Gasteiger partial charge in [0.1, 0.15) is 5.75 Å². The lowest BCUT2D eigenvalue weighted by molar-refractivity contribution is 0.150. The molecule has 88 valence electrons. The van der Waals surface area contributed by atoms with Crippen molar-refractivity contribution < 1.29 is 9.84 Å². The summed E-state index contributed by atoms with van der Waals surface area (Å²) in [5.74, 6) is 0.892. The Labute approximate surface area is 96.4 Å². The minimum atomic E-state index is -0.264. The predicted octanol–water partition coefficient (Wildman–Crippen LogP) is 1.44. The molecule has 0 saturated heterocycles. The van der Waals surface area contributed by atoms with E-state index in [0.29, 0.717) is 0 Å². The smallest absolute Gasteiger partial charge is 0.119 e. The van der Waals surface area contributed by atoms with E-state index in [-0.39, 0.29) is 12.1 Å². The highest BCUT2D eigenvalue weighted by Crippen LogP contribution is 2.36. The first-order valence-electron chi connectivity index (χ1n) is 5.73. The van der Waals surface area contributed by atoms with Gasteiger partial charge in [-0.25, -0.2) is 0 Å². The second-order valence-electron chi connectivity index (χ2n) is 4.37. The number of likely N-dealkylation sites (N-methyl/N-ethyl adjacent to an activating group) is 1. The third kappa shape index (κ3) is 1.70. The highest BCUT2D eigenvalue weighted by molar-refractivity contribution is 5.41. The van der Waals surface area contributed by atoms with Crippen LogP contribution in [-0.2, 0) is 12.0 Å². The Morgan fingerprint density at radius 3 is 2.94 bits per heavy atom. The van der Waals surface area contributed by atoms with Crippen molar-refractivity contribution in [3.05, 3.63) is 29.3 Å².